The van der Waals surface area contributed by atoms with E-state index in [1.807, 2.05) is 35.7 Å². The average molecular weight is 561 g/mol. The van der Waals surface area contributed by atoms with Gasteiger partial charge in [-0.1, -0.05) is 18.2 Å². The van der Waals surface area contributed by atoms with Gasteiger partial charge in [-0.05, 0) is 81.3 Å². The number of benzene rings is 2. The predicted molar refractivity (Wildman–Crippen MR) is 157 cm³/mol. The lowest BCUT2D eigenvalue weighted by molar-refractivity contribution is -0.115. The second-order valence-electron chi connectivity index (χ2n) is 11.4. The number of aliphatic hydroxyl groups excluding tert-OH is 1. The summed E-state index contributed by atoms with van der Waals surface area (Å²) in [5.74, 6) is -0.626. The molecule has 3 N–H and O–H groups in total. The van der Waals surface area contributed by atoms with Crippen molar-refractivity contribution in [3.63, 3.8) is 0 Å². The van der Waals surface area contributed by atoms with Gasteiger partial charge in [-0.3, -0.25) is 9.59 Å². The van der Waals surface area contributed by atoms with E-state index in [4.69, 9.17) is 4.74 Å². The fraction of sp³-hybridized carbons (Fsp3) is 0.452. The molecule has 1 aromatic heterocycles. The van der Waals surface area contributed by atoms with E-state index in [1.165, 1.54) is 16.9 Å². The fourth-order valence-corrected chi connectivity index (χ4v) is 7.43. The number of nitrogens with zero attached hydrogens (tertiary/aromatic N) is 2. The summed E-state index contributed by atoms with van der Waals surface area (Å²) in [5, 5.41) is 18.6. The minimum absolute atomic E-state index is 0.151. The molecule has 6 rings (SSSR count). The van der Waals surface area contributed by atoms with Gasteiger partial charge in [0, 0.05) is 40.7 Å². The van der Waals surface area contributed by atoms with Crippen molar-refractivity contribution in [3.8, 4) is 11.3 Å². The zero-order valence-corrected chi connectivity index (χ0v) is 23.8. The summed E-state index contributed by atoms with van der Waals surface area (Å²) in [7, 11) is 0. The molecule has 2 aromatic carbocycles. The summed E-state index contributed by atoms with van der Waals surface area (Å²) in [6.45, 7) is 5.71. The van der Waals surface area contributed by atoms with Gasteiger partial charge in [0.2, 0.25) is 5.91 Å². The number of carbonyl (C=O) groups excluding carboxylic acids is 2. The molecule has 1 spiro atoms. The second kappa shape index (κ2) is 11.0. The molecule has 210 valence electrons. The molecule has 2 amide bonds. The van der Waals surface area contributed by atoms with Gasteiger partial charge in [0.15, 0.2) is 5.13 Å². The maximum atomic E-state index is 12.9. The molecule has 1 aliphatic heterocycles. The molecule has 2 aliphatic carbocycles. The fourth-order valence-electron chi connectivity index (χ4n) is 6.69. The minimum atomic E-state index is -0.352. The largest absolute Gasteiger partial charge is 0.392 e. The first-order chi connectivity index (χ1) is 19.3. The van der Waals surface area contributed by atoms with E-state index in [9.17, 15) is 14.7 Å². The lowest BCUT2D eigenvalue weighted by Crippen LogP contribution is -2.45. The van der Waals surface area contributed by atoms with Crippen LogP contribution in [0.4, 0.5) is 10.8 Å². The zero-order valence-electron chi connectivity index (χ0n) is 23.0. The number of aryl methyl sites for hydroxylation is 1. The molecule has 3 aromatic rings. The average Bonchev–Trinajstić information content (AvgIpc) is 3.66. The topological polar surface area (TPSA) is 104 Å². The standard InChI is InChI=1S/C31H36N4O4S/c1-19-16-35(17-20(2)39-19)24-6-3-5-22(13-24)26-18-40-30(33-26)34-28(37)15-32-29(38)23-9-8-21-10-12-31(25(21)14-23)11-4-7-27(31)36/h3,5-6,8-9,13-14,18-20,27,36H,4,7,10-12,15-17H2,1-2H3,(H,32,38)(H,33,34,37)/t19-,20+,27-,31-/m1/s1. The lowest BCUT2D eigenvalue weighted by atomic mass is 9.78. The summed E-state index contributed by atoms with van der Waals surface area (Å²) >= 11 is 1.36. The number of aromatic nitrogens is 1. The van der Waals surface area contributed by atoms with Crippen molar-refractivity contribution in [2.45, 2.75) is 69.7 Å². The third kappa shape index (κ3) is 5.25. The van der Waals surface area contributed by atoms with Crippen molar-refractivity contribution < 1.29 is 19.4 Å². The van der Waals surface area contributed by atoms with E-state index in [2.05, 4.69) is 46.5 Å². The zero-order chi connectivity index (χ0) is 27.9. The monoisotopic (exact) mass is 560 g/mol. The first kappa shape index (κ1) is 26.9. The van der Waals surface area contributed by atoms with Crippen molar-refractivity contribution in [2.75, 3.05) is 29.9 Å². The minimum Gasteiger partial charge on any atom is -0.392 e. The van der Waals surface area contributed by atoms with Gasteiger partial charge < -0.3 is 25.4 Å². The van der Waals surface area contributed by atoms with Gasteiger partial charge in [0.1, 0.15) is 0 Å². The number of anilines is 2. The normalized spacial score (nSPS) is 25.7. The van der Waals surface area contributed by atoms with Crippen LogP contribution in [-0.4, -0.2) is 59.9 Å². The highest BCUT2D eigenvalue weighted by molar-refractivity contribution is 7.14. The molecule has 0 bridgehead atoms. The van der Waals surface area contributed by atoms with Gasteiger partial charge in [-0.2, -0.15) is 0 Å². The van der Waals surface area contributed by atoms with E-state index in [1.54, 1.807) is 0 Å². The Hall–Kier alpha value is -3.27. The number of fused-ring (bicyclic) bond motifs is 2. The van der Waals surface area contributed by atoms with Crippen LogP contribution in [0.1, 0.15) is 61.0 Å². The van der Waals surface area contributed by atoms with E-state index >= 15 is 0 Å². The van der Waals surface area contributed by atoms with Crippen molar-refractivity contribution in [3.05, 3.63) is 64.5 Å². The highest BCUT2D eigenvalue weighted by atomic mass is 32.1. The highest BCUT2D eigenvalue weighted by Gasteiger charge is 2.47. The number of thiazole rings is 1. The number of hydrogen-bond donors (Lipinski definition) is 3. The van der Waals surface area contributed by atoms with Crippen LogP contribution in [0.15, 0.2) is 47.8 Å². The molecular formula is C31H36N4O4S. The van der Waals surface area contributed by atoms with Gasteiger partial charge >= 0.3 is 0 Å². The molecule has 3 aliphatic rings. The van der Waals surface area contributed by atoms with Crippen LogP contribution in [0.3, 0.4) is 0 Å². The predicted octanol–water partition coefficient (Wildman–Crippen LogP) is 4.52. The molecule has 1 saturated heterocycles. The van der Waals surface area contributed by atoms with Gasteiger partial charge in [0.25, 0.3) is 5.91 Å². The third-order valence-electron chi connectivity index (χ3n) is 8.57. The Bertz CT molecular complexity index is 1410. The number of morpholine rings is 1. The van der Waals surface area contributed by atoms with Crippen molar-refractivity contribution in [2.24, 2.45) is 0 Å². The van der Waals surface area contributed by atoms with Crippen LogP contribution in [0.2, 0.25) is 0 Å². The number of carbonyl (C=O) groups is 2. The van der Waals surface area contributed by atoms with Crippen LogP contribution in [-0.2, 0) is 21.4 Å². The molecule has 40 heavy (non-hydrogen) atoms. The molecule has 4 atom stereocenters. The number of amides is 2. The number of rotatable bonds is 6. The molecule has 0 radical (unpaired) electrons. The van der Waals surface area contributed by atoms with Gasteiger partial charge in [-0.15, -0.1) is 11.3 Å². The van der Waals surface area contributed by atoms with Crippen LogP contribution in [0.25, 0.3) is 11.3 Å². The number of nitrogens with one attached hydrogen (secondary N) is 2. The Morgan fingerprint density at radius 1 is 1.15 bits per heavy atom. The van der Waals surface area contributed by atoms with Gasteiger partial charge in [-0.25, -0.2) is 4.98 Å². The molecular weight excluding hydrogens is 524 g/mol. The van der Waals surface area contributed by atoms with Gasteiger partial charge in [0.05, 0.1) is 30.6 Å². The molecule has 0 unspecified atom stereocenters. The molecule has 8 nitrogen and oxygen atoms in total. The summed E-state index contributed by atoms with van der Waals surface area (Å²) in [4.78, 5) is 32.5. The lowest BCUT2D eigenvalue weighted by Gasteiger charge is -2.37. The molecule has 1 saturated carbocycles. The molecule has 9 heteroatoms. The summed E-state index contributed by atoms with van der Waals surface area (Å²) < 4.78 is 5.87. The highest BCUT2D eigenvalue weighted by Crippen LogP contribution is 2.50. The first-order valence-corrected chi connectivity index (χ1v) is 15.0. The van der Waals surface area contributed by atoms with Crippen LogP contribution in [0, 0.1) is 0 Å². The smallest absolute Gasteiger partial charge is 0.251 e. The Labute approximate surface area is 238 Å². The number of aliphatic hydroxyl groups is 1. The first-order valence-electron chi connectivity index (χ1n) is 14.2. The van der Waals surface area contributed by atoms with Crippen LogP contribution >= 0.6 is 11.3 Å². The van der Waals surface area contributed by atoms with E-state index in [0.717, 1.165) is 67.7 Å². The summed E-state index contributed by atoms with van der Waals surface area (Å²) in [5.41, 5.74) is 5.52. The van der Waals surface area contributed by atoms with E-state index in [0.29, 0.717) is 10.7 Å². The maximum absolute atomic E-state index is 12.9. The van der Waals surface area contributed by atoms with Crippen molar-refractivity contribution in [1.29, 1.82) is 0 Å². The molecule has 2 heterocycles. The SMILES string of the molecule is C[C@@H]1CN(c2cccc(-c3csc(NC(=O)CNC(=O)c4ccc5c(c4)[C@@]4(CCC[C@H]4O)CC5)n3)c2)C[C@H](C)O1. The Morgan fingerprint density at radius 2 is 1.98 bits per heavy atom. The van der Waals surface area contributed by atoms with E-state index < -0.39 is 0 Å². The summed E-state index contributed by atoms with van der Waals surface area (Å²) in [6, 6.07) is 14.0. The van der Waals surface area contributed by atoms with Crippen molar-refractivity contribution >= 4 is 34.0 Å². The third-order valence-corrected chi connectivity index (χ3v) is 9.33. The molecule has 2 fully saturated rings. The van der Waals surface area contributed by atoms with Crippen LogP contribution in [0.5, 0.6) is 0 Å². The van der Waals surface area contributed by atoms with Crippen LogP contribution < -0.4 is 15.5 Å². The Morgan fingerprint density at radius 3 is 2.75 bits per heavy atom. The van der Waals surface area contributed by atoms with Crippen molar-refractivity contribution in [1.82, 2.24) is 10.3 Å². The Balaban J connectivity index is 1.06. The maximum Gasteiger partial charge on any atom is 0.251 e. The quantitative estimate of drug-likeness (QED) is 0.410. The Kier molecular flexibility index (Phi) is 7.37. The summed E-state index contributed by atoms with van der Waals surface area (Å²) in [6.07, 6.45) is 4.64. The second-order valence-corrected chi connectivity index (χ2v) is 12.3. The van der Waals surface area contributed by atoms with E-state index in [-0.39, 0.29) is 42.1 Å². The number of hydrogen-bond acceptors (Lipinski definition) is 7. The number of ether oxygens (including phenoxy) is 1.